The minimum atomic E-state index is -3.55. The van der Waals surface area contributed by atoms with Crippen molar-refractivity contribution < 1.29 is 31.2 Å². The molecule has 2 saturated heterocycles. The largest absolute Gasteiger partial charge is 0.514 e. The molecule has 0 saturated carbocycles. The summed E-state index contributed by atoms with van der Waals surface area (Å²) in [5.41, 5.74) is -2.73. The van der Waals surface area contributed by atoms with Crippen LogP contribution in [0.15, 0.2) is 18.3 Å². The number of ether oxygens (including phenoxy) is 1. The van der Waals surface area contributed by atoms with Crippen molar-refractivity contribution in [3.63, 3.8) is 0 Å². The lowest BCUT2D eigenvalue weighted by atomic mass is 9.83. The molecule has 3 heterocycles. The van der Waals surface area contributed by atoms with E-state index in [1.807, 2.05) is 27.7 Å². The highest BCUT2D eigenvalue weighted by atomic mass is 16.7. The Morgan fingerprint density at radius 1 is 1.32 bits per heavy atom. The Morgan fingerprint density at radius 2 is 1.96 bits per heavy atom. The van der Waals surface area contributed by atoms with Gasteiger partial charge in [0.15, 0.2) is 0 Å². The summed E-state index contributed by atoms with van der Waals surface area (Å²) in [6.07, 6.45) is -7.61. The molecule has 7 heteroatoms. The third-order valence-corrected chi connectivity index (χ3v) is 4.72. The summed E-state index contributed by atoms with van der Waals surface area (Å²) in [5, 5.41) is 0. The molecule has 154 valence electrons. The van der Waals surface area contributed by atoms with E-state index < -0.39 is 67.2 Å². The standard InChI is InChI=1S/C21H33BN2O4/c1-19(2,3)26-18(25)24-12-8-9-16(14-24)15-10-11-17(23-13-15)22-27-20(4,5)21(6,7)28-22/h10-11,13,16H,8-9,12,14H2,1-7H3/i8D2,9D2,12D2,14D2,16D. The minimum Gasteiger partial charge on any atom is -0.444 e. The van der Waals surface area contributed by atoms with Gasteiger partial charge in [0.1, 0.15) is 5.60 Å². The number of carbonyl (C=O) groups is 1. The fourth-order valence-corrected chi connectivity index (χ4v) is 2.51. The van der Waals surface area contributed by atoms with Gasteiger partial charge in [-0.1, -0.05) is 6.07 Å². The monoisotopic (exact) mass is 397 g/mol. The van der Waals surface area contributed by atoms with Crippen LogP contribution in [0.3, 0.4) is 0 Å². The number of amides is 1. The molecule has 0 N–H and O–H groups in total. The topological polar surface area (TPSA) is 60.9 Å². The highest BCUT2D eigenvalue weighted by Crippen LogP contribution is 2.36. The van der Waals surface area contributed by atoms with Crippen molar-refractivity contribution in [3.8, 4) is 0 Å². The molecule has 0 bridgehead atoms. The Bertz CT molecular complexity index is 1060. The Morgan fingerprint density at radius 3 is 2.50 bits per heavy atom. The molecule has 0 radical (unpaired) electrons. The van der Waals surface area contributed by atoms with E-state index in [0.29, 0.717) is 0 Å². The number of rotatable bonds is 2. The Hall–Kier alpha value is -1.60. The number of pyridine rings is 1. The van der Waals surface area contributed by atoms with Crippen LogP contribution in [-0.2, 0) is 14.0 Å². The predicted octanol–water partition coefficient (Wildman–Crippen LogP) is 3.50. The second-order valence-electron chi connectivity index (χ2n) is 8.72. The molecule has 1 unspecified atom stereocenters. The number of piperidine rings is 1. The highest BCUT2D eigenvalue weighted by molar-refractivity contribution is 6.61. The molecule has 28 heavy (non-hydrogen) atoms. The van der Waals surface area contributed by atoms with Crippen LogP contribution < -0.4 is 5.59 Å². The quantitative estimate of drug-likeness (QED) is 0.715. The Balaban J connectivity index is 2.15. The SMILES string of the molecule is [2H]C1([2H])N(C(=O)OC(C)(C)C)C([2H])([2H])C([2H])(c2ccc(B3OC(C)(C)C(C)(C)O3)nc2)C([2H])([2H])C1([2H])[2H]. The summed E-state index contributed by atoms with van der Waals surface area (Å²) in [7, 11) is -0.903. The lowest BCUT2D eigenvalue weighted by Crippen LogP contribution is -2.42. The van der Waals surface area contributed by atoms with Crippen molar-refractivity contribution in [2.45, 2.75) is 83.9 Å². The third kappa shape index (κ3) is 4.52. The van der Waals surface area contributed by atoms with Crippen molar-refractivity contribution in [1.29, 1.82) is 0 Å². The molecule has 0 spiro atoms. The number of nitrogens with zero attached hydrogens (tertiary/aromatic N) is 2. The summed E-state index contributed by atoms with van der Waals surface area (Å²) in [6.45, 7) is 4.78. The molecule has 1 aromatic rings. The normalized spacial score (nSPS) is 38.9. The first-order valence-corrected chi connectivity index (χ1v) is 9.13. The summed E-state index contributed by atoms with van der Waals surface area (Å²) < 4.78 is 93.9. The third-order valence-electron chi connectivity index (χ3n) is 4.72. The van der Waals surface area contributed by atoms with E-state index in [2.05, 4.69) is 4.98 Å². The highest BCUT2D eigenvalue weighted by Gasteiger charge is 2.52. The van der Waals surface area contributed by atoms with Crippen LogP contribution in [0.5, 0.6) is 0 Å². The number of carbonyl (C=O) groups excluding carboxylic acids is 1. The van der Waals surface area contributed by atoms with E-state index in [1.54, 1.807) is 0 Å². The van der Waals surface area contributed by atoms with Gasteiger partial charge in [0.2, 0.25) is 0 Å². The first-order valence-electron chi connectivity index (χ1n) is 13.6. The first kappa shape index (κ1) is 12.2. The van der Waals surface area contributed by atoms with E-state index in [0.717, 1.165) is 6.20 Å². The lowest BCUT2D eigenvalue weighted by molar-refractivity contribution is 0.00578. The van der Waals surface area contributed by atoms with E-state index in [4.69, 9.17) is 26.4 Å². The van der Waals surface area contributed by atoms with Crippen molar-refractivity contribution >= 4 is 18.8 Å². The molecule has 1 aromatic heterocycles. The van der Waals surface area contributed by atoms with Gasteiger partial charge >= 0.3 is 13.2 Å². The van der Waals surface area contributed by atoms with Crippen LogP contribution in [0.1, 0.15) is 85.0 Å². The average Bonchev–Trinajstić information content (AvgIpc) is 2.91. The predicted molar refractivity (Wildman–Crippen MR) is 110 cm³/mol. The van der Waals surface area contributed by atoms with Crippen molar-refractivity contribution in [2.24, 2.45) is 0 Å². The fourth-order valence-electron chi connectivity index (χ4n) is 2.51. The molecule has 0 aromatic carbocycles. The van der Waals surface area contributed by atoms with Crippen LogP contribution in [-0.4, -0.2) is 52.9 Å². The molecule has 1 atom stereocenters. The summed E-state index contributed by atoms with van der Waals surface area (Å²) in [5.74, 6) is -3.17. The van der Waals surface area contributed by atoms with Crippen molar-refractivity contribution in [2.75, 3.05) is 13.0 Å². The van der Waals surface area contributed by atoms with E-state index in [-0.39, 0.29) is 10.5 Å². The molecule has 1 amide bonds. The number of likely N-dealkylation sites (tertiary alicyclic amines) is 1. The van der Waals surface area contributed by atoms with E-state index in [9.17, 15) is 4.79 Å². The molecular weight excluding hydrogens is 355 g/mol. The first-order chi connectivity index (χ1) is 16.3. The summed E-state index contributed by atoms with van der Waals surface area (Å²) >= 11 is 0. The second-order valence-corrected chi connectivity index (χ2v) is 8.72. The van der Waals surface area contributed by atoms with Gasteiger partial charge in [-0.2, -0.15) is 0 Å². The van der Waals surface area contributed by atoms with Gasteiger partial charge in [-0.25, -0.2) is 4.79 Å². The van der Waals surface area contributed by atoms with Gasteiger partial charge in [0.25, 0.3) is 0 Å². The zero-order chi connectivity index (χ0) is 28.8. The smallest absolute Gasteiger partial charge is 0.444 e. The zero-order valence-electron chi connectivity index (χ0n) is 26.3. The van der Waals surface area contributed by atoms with Crippen molar-refractivity contribution in [1.82, 2.24) is 9.88 Å². The van der Waals surface area contributed by atoms with E-state index >= 15 is 0 Å². The summed E-state index contributed by atoms with van der Waals surface area (Å²) in [4.78, 5) is 17.1. The molecule has 6 nitrogen and oxygen atoms in total. The molecule has 0 aliphatic carbocycles. The molecule has 3 rings (SSSR count). The van der Waals surface area contributed by atoms with Gasteiger partial charge in [0.05, 0.1) is 19.5 Å². The van der Waals surface area contributed by atoms with Crippen LogP contribution in [0.2, 0.25) is 0 Å². The second kappa shape index (κ2) is 7.34. The van der Waals surface area contributed by atoms with Crippen molar-refractivity contribution in [3.05, 3.63) is 23.9 Å². The van der Waals surface area contributed by atoms with Crippen LogP contribution in [0.4, 0.5) is 4.79 Å². The number of hydrogen-bond donors (Lipinski definition) is 0. The van der Waals surface area contributed by atoms with Gasteiger partial charge in [-0.15, -0.1) is 0 Å². The minimum absolute atomic E-state index is 0.151. The Labute approximate surface area is 181 Å². The molecule has 2 aliphatic rings. The van der Waals surface area contributed by atoms with Gasteiger partial charge in [-0.3, -0.25) is 4.98 Å². The van der Waals surface area contributed by atoms with Gasteiger partial charge in [0, 0.05) is 34.7 Å². The fraction of sp³-hybridized carbons (Fsp3) is 0.714. The average molecular weight is 397 g/mol. The maximum atomic E-state index is 13.0. The molecular formula is C21H33BN2O4. The van der Waals surface area contributed by atoms with Crippen LogP contribution >= 0.6 is 0 Å². The number of hydrogen-bond acceptors (Lipinski definition) is 5. The van der Waals surface area contributed by atoms with Gasteiger partial charge < -0.3 is 18.9 Å². The van der Waals surface area contributed by atoms with E-state index in [1.165, 1.54) is 32.9 Å². The Kier molecular flexibility index (Phi) is 3.19. The maximum Gasteiger partial charge on any atom is 0.514 e. The lowest BCUT2D eigenvalue weighted by Gasteiger charge is -2.34. The molecule has 2 fully saturated rings. The zero-order valence-corrected chi connectivity index (χ0v) is 17.3. The van der Waals surface area contributed by atoms with Crippen LogP contribution in [0, 0.1) is 0 Å². The summed E-state index contributed by atoms with van der Waals surface area (Å²) in [6, 6.07) is 2.52. The maximum absolute atomic E-state index is 13.0. The van der Waals surface area contributed by atoms with Gasteiger partial charge in [-0.05, 0) is 72.8 Å². The number of aromatic nitrogens is 1. The van der Waals surface area contributed by atoms with Crippen LogP contribution in [0.25, 0.3) is 0 Å². The molecule has 2 aliphatic heterocycles.